The minimum absolute atomic E-state index is 0.0853. The average Bonchev–Trinajstić information content (AvgIpc) is 2.99. The number of fused-ring (bicyclic) bond motifs is 2. The van der Waals surface area contributed by atoms with Gasteiger partial charge in [0.1, 0.15) is 30.1 Å². The molecule has 17 nitrogen and oxygen atoms in total. The van der Waals surface area contributed by atoms with Crippen LogP contribution in [0.3, 0.4) is 0 Å². The first-order chi connectivity index (χ1) is 21.8. The molecular weight excluding hydrogens is 616 g/mol. The number of hydrogen-bond acceptors (Lipinski definition) is 13. The molecule has 0 fully saturated rings. The Bertz CT molecular complexity index is 1980. The molecule has 0 radical (unpaired) electrons. The minimum atomic E-state index is -1.41. The molecule has 4 rings (SSSR count). The van der Waals surface area contributed by atoms with Crippen molar-refractivity contribution in [1.29, 1.82) is 0 Å². The van der Waals surface area contributed by atoms with Crippen LogP contribution in [0.4, 0.5) is 0 Å². The SMILES string of the molecule is O=C(O)CC[C@H](NC(=O)CCOCCOC(=O)c1c(O)c(O)cc2occ(-c3c[nH]c4cc(O)c(O)cc4c3=O)c(=O)c12)C(=O)O. The van der Waals surface area contributed by atoms with Gasteiger partial charge in [-0.05, 0) is 12.5 Å². The summed E-state index contributed by atoms with van der Waals surface area (Å²) < 4.78 is 15.7. The third-order valence-corrected chi connectivity index (χ3v) is 6.70. The smallest absolute Gasteiger partial charge is 0.343 e. The number of ether oxygens (including phenoxy) is 2. The average molecular weight is 643 g/mol. The molecule has 1 amide bonds. The van der Waals surface area contributed by atoms with Crippen molar-refractivity contribution in [3.63, 3.8) is 0 Å². The van der Waals surface area contributed by atoms with E-state index in [9.17, 15) is 49.2 Å². The summed E-state index contributed by atoms with van der Waals surface area (Å²) in [6.07, 6.45) is 0.958. The molecule has 0 aliphatic heterocycles. The number of aromatic amines is 1. The predicted molar refractivity (Wildman–Crippen MR) is 155 cm³/mol. The van der Waals surface area contributed by atoms with Gasteiger partial charge in [0.25, 0.3) is 0 Å². The number of aromatic hydroxyl groups is 4. The number of carbonyl (C=O) groups excluding carboxylic acids is 2. The van der Waals surface area contributed by atoms with Gasteiger partial charge in [-0.2, -0.15) is 0 Å². The predicted octanol–water partition coefficient (Wildman–Crippen LogP) is 1.12. The van der Waals surface area contributed by atoms with Crippen molar-refractivity contribution < 1.29 is 63.7 Å². The first kappa shape index (κ1) is 32.8. The molecule has 0 bridgehead atoms. The number of H-pyrrole nitrogens is 1. The van der Waals surface area contributed by atoms with E-state index >= 15 is 0 Å². The maximum atomic E-state index is 13.6. The minimum Gasteiger partial charge on any atom is -0.504 e. The summed E-state index contributed by atoms with van der Waals surface area (Å²) in [5.74, 6) is -7.54. The van der Waals surface area contributed by atoms with Crippen LogP contribution in [0.5, 0.6) is 23.0 Å². The zero-order valence-corrected chi connectivity index (χ0v) is 23.6. The number of aliphatic carboxylic acids is 2. The molecule has 46 heavy (non-hydrogen) atoms. The number of phenolic OH excluding ortho intramolecular Hbond substituents is 4. The standard InChI is InChI=1S/C29H26N2O15/c32-17-7-12-16(8-18(17)33)30-10-13(25(12)38)14-11-46-20-9-19(34)27(40)24(23(20)26(14)39)29(43)45-6-5-44-4-3-21(35)31-15(28(41)42)1-2-22(36)37/h7-11,15,32-34,40H,1-6H2,(H,30,38)(H,31,35)(H,36,37)(H,41,42)/t15-/m0/s1. The van der Waals surface area contributed by atoms with Gasteiger partial charge in [-0.1, -0.05) is 0 Å². The van der Waals surface area contributed by atoms with E-state index in [1.54, 1.807) is 0 Å². The lowest BCUT2D eigenvalue weighted by Gasteiger charge is -2.13. The fraction of sp³-hybridized carbons (Fsp3) is 0.241. The van der Waals surface area contributed by atoms with Crippen LogP contribution < -0.4 is 16.2 Å². The zero-order valence-electron chi connectivity index (χ0n) is 23.6. The van der Waals surface area contributed by atoms with Gasteiger partial charge in [-0.25, -0.2) is 9.59 Å². The van der Waals surface area contributed by atoms with Crippen LogP contribution in [0.25, 0.3) is 33.0 Å². The third kappa shape index (κ3) is 6.99. The fourth-order valence-corrected chi connectivity index (χ4v) is 4.42. The Kier molecular flexibility index (Phi) is 9.76. The molecule has 2 aromatic carbocycles. The van der Waals surface area contributed by atoms with Crippen LogP contribution in [0, 0.1) is 0 Å². The van der Waals surface area contributed by atoms with E-state index in [2.05, 4.69) is 10.3 Å². The van der Waals surface area contributed by atoms with Gasteiger partial charge in [0.2, 0.25) is 11.3 Å². The number of carboxylic acid groups (broad SMARTS) is 2. The van der Waals surface area contributed by atoms with E-state index in [0.29, 0.717) is 0 Å². The van der Waals surface area contributed by atoms with E-state index in [-0.39, 0.29) is 53.7 Å². The van der Waals surface area contributed by atoms with Gasteiger partial charge in [0, 0.05) is 31.2 Å². The monoisotopic (exact) mass is 642 g/mol. The van der Waals surface area contributed by atoms with E-state index in [4.69, 9.17) is 24.1 Å². The molecule has 2 heterocycles. The van der Waals surface area contributed by atoms with Crippen LogP contribution in [0.15, 0.2) is 44.7 Å². The van der Waals surface area contributed by atoms with Crippen molar-refractivity contribution in [2.75, 3.05) is 19.8 Å². The number of phenols is 4. The van der Waals surface area contributed by atoms with E-state index in [1.165, 1.54) is 0 Å². The van der Waals surface area contributed by atoms with E-state index in [0.717, 1.165) is 30.7 Å². The first-order valence-electron chi connectivity index (χ1n) is 13.4. The Morgan fingerprint density at radius 2 is 1.59 bits per heavy atom. The van der Waals surface area contributed by atoms with Gasteiger partial charge in [0.05, 0.1) is 40.6 Å². The Morgan fingerprint density at radius 1 is 0.870 bits per heavy atom. The second-order valence-electron chi connectivity index (χ2n) is 9.78. The zero-order chi connectivity index (χ0) is 33.7. The number of hydrogen-bond donors (Lipinski definition) is 8. The third-order valence-electron chi connectivity index (χ3n) is 6.70. The molecule has 0 spiro atoms. The molecule has 1 atom stereocenters. The van der Waals surface area contributed by atoms with Crippen molar-refractivity contribution in [2.24, 2.45) is 0 Å². The highest BCUT2D eigenvalue weighted by Gasteiger charge is 2.26. The van der Waals surface area contributed by atoms with Crippen LogP contribution in [-0.4, -0.2) is 85.3 Å². The molecular formula is C29H26N2O15. The van der Waals surface area contributed by atoms with Crippen molar-refractivity contribution in [1.82, 2.24) is 10.3 Å². The van der Waals surface area contributed by atoms with Crippen molar-refractivity contribution >= 4 is 45.7 Å². The molecule has 0 aliphatic carbocycles. The lowest BCUT2D eigenvalue weighted by Crippen LogP contribution is -2.41. The summed E-state index contributed by atoms with van der Waals surface area (Å²) in [4.78, 5) is 76.2. The largest absolute Gasteiger partial charge is 0.504 e. The van der Waals surface area contributed by atoms with E-state index < -0.39 is 87.7 Å². The summed E-state index contributed by atoms with van der Waals surface area (Å²) in [6, 6.07) is 1.57. The molecule has 4 aromatic rings. The molecule has 0 unspecified atom stereocenters. The number of aromatic nitrogens is 1. The molecule has 2 aromatic heterocycles. The van der Waals surface area contributed by atoms with Crippen LogP contribution in [-0.2, 0) is 23.9 Å². The number of benzene rings is 2. The summed E-state index contributed by atoms with van der Waals surface area (Å²) in [5, 5.41) is 59.5. The quantitative estimate of drug-likeness (QED) is 0.0576. The fourth-order valence-electron chi connectivity index (χ4n) is 4.42. The summed E-state index contributed by atoms with van der Waals surface area (Å²) in [5.41, 5.74) is -3.25. The van der Waals surface area contributed by atoms with Gasteiger partial charge < -0.3 is 54.8 Å². The maximum Gasteiger partial charge on any atom is 0.343 e. The molecule has 242 valence electrons. The van der Waals surface area contributed by atoms with Crippen molar-refractivity contribution in [3.8, 4) is 34.1 Å². The number of carbonyl (C=O) groups is 4. The first-order valence-corrected chi connectivity index (χ1v) is 13.4. The number of nitrogens with one attached hydrogen (secondary N) is 2. The Morgan fingerprint density at radius 3 is 2.28 bits per heavy atom. The molecule has 0 saturated heterocycles. The number of amides is 1. The Balaban J connectivity index is 1.48. The molecule has 8 N–H and O–H groups in total. The van der Waals surface area contributed by atoms with Gasteiger partial charge in [-0.15, -0.1) is 0 Å². The van der Waals surface area contributed by atoms with Crippen LogP contribution >= 0.6 is 0 Å². The van der Waals surface area contributed by atoms with Crippen LogP contribution in [0.1, 0.15) is 29.6 Å². The highest BCUT2D eigenvalue weighted by molar-refractivity contribution is 6.07. The second kappa shape index (κ2) is 13.7. The Labute approximate surface area is 255 Å². The normalized spacial score (nSPS) is 11.7. The highest BCUT2D eigenvalue weighted by atomic mass is 16.6. The number of pyridine rings is 1. The Hall–Kier alpha value is -6.10. The lowest BCUT2D eigenvalue weighted by atomic mass is 10.0. The van der Waals surface area contributed by atoms with Crippen molar-refractivity contribution in [3.05, 3.63) is 56.7 Å². The maximum absolute atomic E-state index is 13.6. The summed E-state index contributed by atoms with van der Waals surface area (Å²) in [7, 11) is 0. The summed E-state index contributed by atoms with van der Waals surface area (Å²) >= 11 is 0. The van der Waals surface area contributed by atoms with Gasteiger partial charge >= 0.3 is 17.9 Å². The number of carboxylic acids is 2. The lowest BCUT2D eigenvalue weighted by molar-refractivity contribution is -0.143. The summed E-state index contributed by atoms with van der Waals surface area (Å²) in [6.45, 7) is -0.981. The highest BCUT2D eigenvalue weighted by Crippen LogP contribution is 2.36. The van der Waals surface area contributed by atoms with Gasteiger partial charge in [0.15, 0.2) is 28.4 Å². The number of rotatable bonds is 13. The van der Waals surface area contributed by atoms with Crippen LogP contribution in [0.2, 0.25) is 0 Å². The van der Waals surface area contributed by atoms with E-state index in [1.807, 2.05) is 0 Å². The second-order valence-corrected chi connectivity index (χ2v) is 9.78. The van der Waals surface area contributed by atoms with Gasteiger partial charge in [-0.3, -0.25) is 19.2 Å². The molecule has 0 aliphatic rings. The van der Waals surface area contributed by atoms with Crippen molar-refractivity contribution in [2.45, 2.75) is 25.3 Å². The molecule has 17 heteroatoms. The molecule has 0 saturated carbocycles. The number of esters is 1. The topological polar surface area (TPSA) is 283 Å².